The van der Waals surface area contributed by atoms with Gasteiger partial charge < -0.3 is 29.3 Å². The summed E-state index contributed by atoms with van der Waals surface area (Å²) in [5.41, 5.74) is -0.238. The van der Waals surface area contributed by atoms with Crippen molar-refractivity contribution in [2.45, 2.75) is 124 Å². The Labute approximate surface area is 262 Å². The van der Waals surface area contributed by atoms with Crippen molar-refractivity contribution in [2.24, 2.45) is 50.7 Å². The van der Waals surface area contributed by atoms with Gasteiger partial charge in [-0.15, -0.1) is 0 Å². The highest BCUT2D eigenvalue weighted by Crippen LogP contribution is 2.90. The Bertz CT molecular complexity index is 1220. The van der Waals surface area contributed by atoms with Crippen LogP contribution in [-0.4, -0.2) is 65.2 Å². The lowest BCUT2D eigenvalue weighted by molar-refractivity contribution is -0.242. The van der Waals surface area contributed by atoms with Gasteiger partial charge in [-0.05, 0) is 110 Å². The van der Waals surface area contributed by atoms with Gasteiger partial charge in [0.25, 0.3) is 0 Å². The number of aliphatic carboxylic acids is 1. The Morgan fingerprint density at radius 1 is 1.07 bits per heavy atom. The summed E-state index contributed by atoms with van der Waals surface area (Å²) in [6.07, 6.45) is 10.7. The summed E-state index contributed by atoms with van der Waals surface area (Å²) in [6.45, 7) is 13.3. The van der Waals surface area contributed by atoms with Crippen molar-refractivity contribution in [3.8, 4) is 0 Å². The number of carboxylic acids is 1. The van der Waals surface area contributed by atoms with E-state index in [9.17, 15) is 19.8 Å². The molecule has 2 heterocycles. The molecule has 0 aromatic carbocycles. The zero-order chi connectivity index (χ0) is 31.0. The number of aliphatic hydroxyl groups excluding tert-OH is 1. The normalized spacial score (nSPS) is 50.2. The average Bonchev–Trinajstić information content (AvgIpc) is 3.90. The van der Waals surface area contributed by atoms with E-state index in [0.29, 0.717) is 50.5 Å². The molecule has 2 saturated heterocycles. The zero-order valence-electron chi connectivity index (χ0n) is 27.3. The molecule has 243 valence electrons. The molecule has 44 heavy (non-hydrogen) atoms. The fraction of sp³-hybridized carbons (Fsp3) is 0.861. The van der Waals surface area contributed by atoms with Crippen molar-refractivity contribution in [2.75, 3.05) is 19.7 Å². The van der Waals surface area contributed by atoms with Crippen LogP contribution in [0.4, 0.5) is 0 Å². The van der Waals surface area contributed by atoms with Crippen LogP contribution in [0.2, 0.25) is 0 Å². The summed E-state index contributed by atoms with van der Waals surface area (Å²) < 4.78 is 19.0. The zero-order valence-corrected chi connectivity index (χ0v) is 27.3. The number of hydrogen-bond donors (Lipinski definition) is 2. The second-order valence-electron chi connectivity index (χ2n) is 17.2. The number of aliphatic hydroxyl groups is 1. The van der Waals surface area contributed by atoms with E-state index in [2.05, 4.69) is 34.6 Å². The summed E-state index contributed by atoms with van der Waals surface area (Å²) in [7, 11) is 0. The minimum atomic E-state index is -1.01. The third kappa shape index (κ3) is 3.83. The Balaban J connectivity index is 1.01. The number of nitrogens with zero attached hydrogens (tertiary/aromatic N) is 1. The Hall–Kier alpha value is -1.22. The predicted octanol–water partition coefficient (Wildman–Crippen LogP) is 5.54. The minimum Gasteiger partial charge on any atom is -0.479 e. The van der Waals surface area contributed by atoms with Crippen LogP contribution in [0.5, 0.6) is 0 Å². The quantitative estimate of drug-likeness (QED) is 0.421. The molecular weight excluding hydrogens is 558 g/mol. The maximum absolute atomic E-state index is 12.8. The number of carbonyl (C=O) groups excluding carboxylic acids is 1. The van der Waals surface area contributed by atoms with Gasteiger partial charge in [0.05, 0.1) is 25.4 Å². The van der Waals surface area contributed by atoms with Gasteiger partial charge in [-0.1, -0.05) is 34.6 Å². The molecule has 1 unspecified atom stereocenters. The van der Waals surface area contributed by atoms with E-state index in [1.54, 1.807) is 5.92 Å². The SMILES string of the molecule is C[C@@H]1C[C](C(=O)O)O[C]2[C@H]1[C@@]1(C)CC[C@@]34C[C@@]35CCC(O[C@H]3CN(C(=O)CC6CC6)CCO3)C(C)(C)[C@@H]5CC[C]4[C@]1(C)[C@H]2O. The molecule has 0 bridgehead atoms. The van der Waals surface area contributed by atoms with Gasteiger partial charge in [-0.2, -0.15) is 0 Å². The van der Waals surface area contributed by atoms with E-state index < -0.39 is 17.5 Å². The Morgan fingerprint density at radius 2 is 1.84 bits per heavy atom. The highest BCUT2D eigenvalue weighted by atomic mass is 16.7. The lowest BCUT2D eigenvalue weighted by Gasteiger charge is -2.63. The maximum Gasteiger partial charge on any atom is 0.339 e. The van der Waals surface area contributed by atoms with Crippen molar-refractivity contribution in [1.29, 1.82) is 0 Å². The number of ether oxygens (including phenoxy) is 3. The molecule has 8 rings (SSSR count). The molecule has 8 fully saturated rings. The van der Waals surface area contributed by atoms with Crippen LogP contribution in [0.3, 0.4) is 0 Å². The molecule has 3 radical (unpaired) electrons. The van der Waals surface area contributed by atoms with Crippen LogP contribution in [0.25, 0.3) is 0 Å². The highest BCUT2D eigenvalue weighted by molar-refractivity contribution is 5.81. The number of carboxylic acid groups (broad SMARTS) is 1. The smallest absolute Gasteiger partial charge is 0.339 e. The third-order valence-corrected chi connectivity index (χ3v) is 15.1. The van der Waals surface area contributed by atoms with Crippen molar-refractivity contribution in [1.82, 2.24) is 4.90 Å². The molecule has 6 aliphatic carbocycles. The summed E-state index contributed by atoms with van der Waals surface area (Å²) in [6, 6.07) is 0. The fourth-order valence-corrected chi connectivity index (χ4v) is 12.6. The fourth-order valence-electron chi connectivity index (χ4n) is 12.6. The molecule has 8 aliphatic rings. The third-order valence-electron chi connectivity index (χ3n) is 15.1. The van der Waals surface area contributed by atoms with Gasteiger partial charge in [0, 0.05) is 24.3 Å². The van der Waals surface area contributed by atoms with Crippen molar-refractivity contribution in [3.63, 3.8) is 0 Å². The van der Waals surface area contributed by atoms with Crippen molar-refractivity contribution < 1.29 is 34.0 Å². The van der Waals surface area contributed by atoms with Gasteiger partial charge in [0.15, 0.2) is 6.29 Å². The molecule has 0 aromatic heterocycles. The van der Waals surface area contributed by atoms with Crippen molar-refractivity contribution >= 4 is 11.9 Å². The number of carbonyl (C=O) groups is 2. The van der Waals surface area contributed by atoms with E-state index in [0.717, 1.165) is 38.5 Å². The van der Waals surface area contributed by atoms with Crippen molar-refractivity contribution in [3.05, 3.63) is 18.1 Å². The second kappa shape index (κ2) is 9.67. The van der Waals surface area contributed by atoms with Gasteiger partial charge >= 0.3 is 5.97 Å². The minimum absolute atomic E-state index is 0.0292. The molecule has 2 aliphatic heterocycles. The first-order valence-electron chi connectivity index (χ1n) is 17.5. The molecule has 8 nitrogen and oxygen atoms in total. The summed E-state index contributed by atoms with van der Waals surface area (Å²) >= 11 is 0. The number of fused-ring (bicyclic) bond motifs is 4. The summed E-state index contributed by atoms with van der Waals surface area (Å²) in [4.78, 5) is 26.7. The topological polar surface area (TPSA) is 106 Å². The highest BCUT2D eigenvalue weighted by Gasteiger charge is 2.85. The molecule has 2 spiro atoms. The van der Waals surface area contributed by atoms with Gasteiger partial charge in [-0.3, -0.25) is 4.79 Å². The number of amides is 1. The largest absolute Gasteiger partial charge is 0.479 e. The molecule has 8 heteroatoms. The van der Waals surface area contributed by atoms with Crippen LogP contribution in [0, 0.1) is 68.9 Å². The maximum atomic E-state index is 12.8. The lowest BCUT2D eigenvalue weighted by Crippen LogP contribution is -2.59. The molecular formula is C36H52NO7. The predicted molar refractivity (Wildman–Crippen MR) is 161 cm³/mol. The summed E-state index contributed by atoms with van der Waals surface area (Å²) in [5, 5.41) is 21.9. The standard InChI is InChI=1S/C36H52NO7/c1-20-16-22(31(40)41)43-29-28(20)33(4)12-13-36-19-35(36)11-10-25(32(2,3)23(35)8-9-24(36)34(33,5)30(29)39)44-27-18-37(14-15-42-27)26(38)17-21-6-7-21/h20-21,23,25,27-28,30,39H,6-19H2,1-5H3,(H,40,41)/t20-,23+,25?,27+,28+,30+,33-,34-,35-,36+/m1/s1. The molecule has 6 saturated carbocycles. The number of hydrogen-bond acceptors (Lipinski definition) is 6. The Morgan fingerprint density at radius 3 is 2.57 bits per heavy atom. The first kappa shape index (κ1) is 30.1. The monoisotopic (exact) mass is 610 g/mol. The Kier molecular flexibility index (Phi) is 6.62. The van der Waals surface area contributed by atoms with E-state index >= 15 is 0 Å². The summed E-state index contributed by atoms with van der Waals surface area (Å²) in [5.74, 6) is 2.09. The molecule has 10 atom stereocenters. The van der Waals surface area contributed by atoms with Crippen LogP contribution in [0.1, 0.15) is 105 Å². The van der Waals surface area contributed by atoms with E-state index in [1.807, 2.05) is 4.90 Å². The van der Waals surface area contributed by atoms with Crippen LogP contribution >= 0.6 is 0 Å². The van der Waals surface area contributed by atoms with E-state index in [1.165, 1.54) is 19.3 Å². The molecule has 0 aromatic rings. The van der Waals surface area contributed by atoms with Gasteiger partial charge in [0.1, 0.15) is 6.10 Å². The molecule has 1 amide bonds. The van der Waals surface area contributed by atoms with Crippen LogP contribution < -0.4 is 0 Å². The lowest BCUT2D eigenvalue weighted by atomic mass is 9.41. The van der Waals surface area contributed by atoms with E-state index in [-0.39, 0.29) is 57.9 Å². The second-order valence-corrected chi connectivity index (χ2v) is 17.2. The van der Waals surface area contributed by atoms with Gasteiger partial charge in [0.2, 0.25) is 12.0 Å². The number of rotatable bonds is 5. The van der Waals surface area contributed by atoms with Crippen LogP contribution in [-0.2, 0) is 23.8 Å². The number of morpholine rings is 1. The van der Waals surface area contributed by atoms with E-state index in [4.69, 9.17) is 14.2 Å². The first-order chi connectivity index (χ1) is 20.8. The van der Waals surface area contributed by atoms with Gasteiger partial charge in [-0.25, -0.2) is 4.79 Å². The first-order valence-corrected chi connectivity index (χ1v) is 17.5. The molecule has 2 N–H and O–H groups in total. The average molecular weight is 611 g/mol. The van der Waals surface area contributed by atoms with Crippen LogP contribution in [0.15, 0.2) is 0 Å².